The molecular formula is C32H35F3N6O4S. The number of alkyl halides is 3. The summed E-state index contributed by atoms with van der Waals surface area (Å²) < 4.78 is 47.5. The SMILES string of the molecule is CCNC(=O)Nc1cc(-c2nc(C(F)(F)F)cs2)c(-c2ccc3c(c2)c(=O)c(C(=O)OCC)cn3CCC2CCN(C)CC2)cn1. The zero-order chi connectivity index (χ0) is 33.0. The van der Waals surface area contributed by atoms with E-state index < -0.39 is 29.3 Å². The lowest BCUT2D eigenvalue weighted by Gasteiger charge is -2.29. The summed E-state index contributed by atoms with van der Waals surface area (Å²) in [6, 6.07) is 6.06. The monoisotopic (exact) mass is 656 g/mol. The first-order chi connectivity index (χ1) is 22.0. The third-order valence-corrected chi connectivity index (χ3v) is 8.89. The molecule has 2 amide bonds. The van der Waals surface area contributed by atoms with E-state index in [9.17, 15) is 27.6 Å². The predicted octanol–water partition coefficient (Wildman–Crippen LogP) is 6.26. The van der Waals surface area contributed by atoms with Crippen molar-refractivity contribution < 1.29 is 27.5 Å². The van der Waals surface area contributed by atoms with Crippen molar-refractivity contribution in [1.29, 1.82) is 0 Å². The number of rotatable bonds is 9. The van der Waals surface area contributed by atoms with Crippen LogP contribution >= 0.6 is 11.3 Å². The van der Waals surface area contributed by atoms with Crippen LogP contribution in [0.2, 0.25) is 0 Å². The number of ether oxygens (including phenoxy) is 1. The number of hydrogen-bond acceptors (Lipinski definition) is 8. The Morgan fingerprint density at radius 1 is 1.13 bits per heavy atom. The standard InChI is InChI=1S/C32H35F3N6O4S/c1-4-36-31(44)39-27-15-21(29-38-26(18-46-29)32(33,34)35)23(16-37-27)20-6-7-25-22(14-20)28(42)24(30(43)45-5-2)17-41(25)13-10-19-8-11-40(3)12-9-19/h6-7,14-19H,4-5,8-13H2,1-3H3,(H2,36,37,39,44). The fourth-order valence-corrected chi connectivity index (χ4v) is 6.41. The van der Waals surface area contributed by atoms with Crippen molar-refractivity contribution in [3.8, 4) is 21.7 Å². The van der Waals surface area contributed by atoms with Gasteiger partial charge in [-0.2, -0.15) is 13.2 Å². The van der Waals surface area contributed by atoms with E-state index in [1.54, 1.807) is 38.2 Å². The zero-order valence-electron chi connectivity index (χ0n) is 25.7. The number of aryl methyl sites for hydroxylation is 1. The maximum atomic E-state index is 13.7. The fraction of sp³-hybridized carbons (Fsp3) is 0.406. The van der Waals surface area contributed by atoms with Crippen molar-refractivity contribution >= 4 is 40.1 Å². The molecule has 1 aliphatic heterocycles. The first kappa shape index (κ1) is 33.1. The predicted molar refractivity (Wildman–Crippen MR) is 171 cm³/mol. The number of aromatic nitrogens is 3. The molecule has 0 spiro atoms. The van der Waals surface area contributed by atoms with Gasteiger partial charge in [-0.1, -0.05) is 6.07 Å². The van der Waals surface area contributed by atoms with Crippen LogP contribution < -0.4 is 16.1 Å². The van der Waals surface area contributed by atoms with Gasteiger partial charge in [-0.05, 0) is 82.9 Å². The summed E-state index contributed by atoms with van der Waals surface area (Å²) in [4.78, 5) is 49.2. The molecule has 10 nitrogen and oxygen atoms in total. The number of nitrogens with zero attached hydrogens (tertiary/aromatic N) is 4. The normalized spacial score (nSPS) is 14.4. The summed E-state index contributed by atoms with van der Waals surface area (Å²) in [6.45, 7) is 6.49. The molecule has 0 bridgehead atoms. The van der Waals surface area contributed by atoms with Crippen LogP contribution in [0.1, 0.15) is 49.2 Å². The molecule has 0 radical (unpaired) electrons. The van der Waals surface area contributed by atoms with Crippen LogP contribution in [0, 0.1) is 5.92 Å². The van der Waals surface area contributed by atoms with Gasteiger partial charge < -0.3 is 19.5 Å². The summed E-state index contributed by atoms with van der Waals surface area (Å²) in [6.07, 6.45) is 1.33. The summed E-state index contributed by atoms with van der Waals surface area (Å²) in [5, 5.41) is 6.40. The number of fused-ring (bicyclic) bond motifs is 1. The molecule has 1 aliphatic rings. The van der Waals surface area contributed by atoms with E-state index in [4.69, 9.17) is 4.74 Å². The van der Waals surface area contributed by atoms with Crippen LogP contribution in [-0.2, 0) is 17.5 Å². The maximum absolute atomic E-state index is 13.7. The lowest BCUT2D eigenvalue weighted by Crippen LogP contribution is -2.30. The molecule has 0 atom stereocenters. The Kier molecular flexibility index (Phi) is 10.1. The molecule has 4 heterocycles. The molecule has 5 rings (SSSR count). The largest absolute Gasteiger partial charge is 0.462 e. The number of likely N-dealkylation sites (tertiary alicyclic amines) is 1. The lowest BCUT2D eigenvalue weighted by molar-refractivity contribution is -0.140. The van der Waals surface area contributed by atoms with E-state index in [2.05, 4.69) is 32.5 Å². The molecule has 1 aromatic carbocycles. The third-order valence-electron chi connectivity index (χ3n) is 8.01. The first-order valence-corrected chi connectivity index (χ1v) is 16.0. The number of esters is 1. The topological polar surface area (TPSA) is 118 Å². The van der Waals surface area contributed by atoms with E-state index >= 15 is 0 Å². The maximum Gasteiger partial charge on any atom is 0.434 e. The Morgan fingerprint density at radius 3 is 2.57 bits per heavy atom. The second-order valence-electron chi connectivity index (χ2n) is 11.2. The van der Waals surface area contributed by atoms with Gasteiger partial charge in [-0.25, -0.2) is 19.6 Å². The third kappa shape index (κ3) is 7.39. The Labute approximate surface area is 267 Å². The van der Waals surface area contributed by atoms with Gasteiger partial charge in [0.25, 0.3) is 0 Å². The molecule has 1 fully saturated rings. The Morgan fingerprint density at radius 2 is 1.89 bits per heavy atom. The molecule has 2 N–H and O–H groups in total. The molecule has 1 saturated heterocycles. The van der Waals surface area contributed by atoms with E-state index in [0.717, 1.165) is 49.1 Å². The van der Waals surface area contributed by atoms with E-state index in [0.29, 0.717) is 35.7 Å². The van der Waals surface area contributed by atoms with Crippen molar-refractivity contribution in [3.05, 3.63) is 63.5 Å². The second-order valence-corrected chi connectivity index (χ2v) is 12.0. The Hall–Kier alpha value is -4.30. The molecule has 0 saturated carbocycles. The average molecular weight is 657 g/mol. The zero-order valence-corrected chi connectivity index (χ0v) is 26.6. The fourth-order valence-electron chi connectivity index (χ4n) is 5.56. The number of carbonyl (C=O) groups excluding carboxylic acids is 2. The van der Waals surface area contributed by atoms with Gasteiger partial charge in [0, 0.05) is 47.4 Å². The number of nitrogens with one attached hydrogen (secondary N) is 2. The second kappa shape index (κ2) is 14.0. The number of halogens is 3. The molecule has 0 aliphatic carbocycles. The summed E-state index contributed by atoms with van der Waals surface area (Å²) in [5.74, 6) is -0.107. The van der Waals surface area contributed by atoms with Gasteiger partial charge in [0.2, 0.25) is 5.43 Å². The van der Waals surface area contributed by atoms with Crippen molar-refractivity contribution in [2.45, 2.75) is 45.8 Å². The van der Waals surface area contributed by atoms with Crippen molar-refractivity contribution in [2.24, 2.45) is 5.92 Å². The van der Waals surface area contributed by atoms with E-state index in [1.807, 2.05) is 4.57 Å². The van der Waals surface area contributed by atoms with Gasteiger partial charge in [0.15, 0.2) is 5.69 Å². The quantitative estimate of drug-likeness (QED) is 0.204. The van der Waals surface area contributed by atoms with Gasteiger partial charge in [-0.3, -0.25) is 10.1 Å². The molecular weight excluding hydrogens is 621 g/mol. The number of thiazole rings is 1. The van der Waals surface area contributed by atoms with Crippen LogP contribution in [0.4, 0.5) is 23.8 Å². The summed E-state index contributed by atoms with van der Waals surface area (Å²) >= 11 is 0.800. The average Bonchev–Trinajstić information content (AvgIpc) is 3.53. The van der Waals surface area contributed by atoms with E-state index in [-0.39, 0.29) is 33.9 Å². The Bertz CT molecular complexity index is 1800. The summed E-state index contributed by atoms with van der Waals surface area (Å²) in [7, 11) is 2.10. The number of carbonyl (C=O) groups is 2. The highest BCUT2D eigenvalue weighted by atomic mass is 32.1. The summed E-state index contributed by atoms with van der Waals surface area (Å²) in [5.41, 5.74) is 0.123. The highest BCUT2D eigenvalue weighted by molar-refractivity contribution is 7.13. The highest BCUT2D eigenvalue weighted by Crippen LogP contribution is 2.39. The molecule has 4 aromatic rings. The van der Waals surface area contributed by atoms with Gasteiger partial charge in [-0.15, -0.1) is 11.3 Å². The number of benzene rings is 1. The van der Waals surface area contributed by atoms with Crippen LogP contribution in [0.25, 0.3) is 32.6 Å². The highest BCUT2D eigenvalue weighted by Gasteiger charge is 2.34. The van der Waals surface area contributed by atoms with Gasteiger partial charge in [0.05, 0.1) is 12.1 Å². The lowest BCUT2D eigenvalue weighted by atomic mass is 9.93. The number of amides is 2. The van der Waals surface area contributed by atoms with Gasteiger partial charge >= 0.3 is 18.2 Å². The number of urea groups is 1. The first-order valence-electron chi connectivity index (χ1n) is 15.1. The minimum atomic E-state index is -4.64. The van der Waals surface area contributed by atoms with Crippen molar-refractivity contribution in [2.75, 3.05) is 38.6 Å². The minimum absolute atomic E-state index is 0.0552. The number of hydrogen-bond donors (Lipinski definition) is 2. The van der Waals surface area contributed by atoms with Gasteiger partial charge in [0.1, 0.15) is 16.4 Å². The molecule has 46 heavy (non-hydrogen) atoms. The number of anilines is 1. The minimum Gasteiger partial charge on any atom is -0.462 e. The number of piperidine rings is 1. The van der Waals surface area contributed by atoms with Crippen LogP contribution in [0.15, 0.2) is 46.8 Å². The Balaban J connectivity index is 1.61. The van der Waals surface area contributed by atoms with Crippen LogP contribution in [0.3, 0.4) is 0 Å². The van der Waals surface area contributed by atoms with Crippen molar-refractivity contribution in [3.63, 3.8) is 0 Å². The molecule has 244 valence electrons. The van der Waals surface area contributed by atoms with Crippen LogP contribution in [-0.4, -0.2) is 64.7 Å². The van der Waals surface area contributed by atoms with E-state index in [1.165, 1.54) is 12.3 Å². The molecule has 0 unspecified atom stereocenters. The molecule has 14 heteroatoms. The smallest absolute Gasteiger partial charge is 0.434 e. The van der Waals surface area contributed by atoms with Crippen LogP contribution in [0.5, 0.6) is 0 Å². The molecule has 3 aromatic heterocycles. The van der Waals surface area contributed by atoms with Crippen molar-refractivity contribution in [1.82, 2.24) is 24.8 Å². The number of pyridine rings is 2.